The highest BCUT2D eigenvalue weighted by molar-refractivity contribution is 5.81. The van der Waals surface area contributed by atoms with Crippen LogP contribution < -0.4 is 10.4 Å². The summed E-state index contributed by atoms with van der Waals surface area (Å²) in [5.41, 5.74) is 2.54. The number of aryl methyl sites for hydroxylation is 1. The Balaban J connectivity index is 1.75. The van der Waals surface area contributed by atoms with E-state index in [1.54, 1.807) is 12.3 Å². The van der Waals surface area contributed by atoms with Crippen molar-refractivity contribution >= 4 is 22.0 Å². The maximum absolute atomic E-state index is 11.5. The lowest BCUT2D eigenvalue weighted by Crippen LogP contribution is -1.98. The van der Waals surface area contributed by atoms with Crippen molar-refractivity contribution in [1.29, 1.82) is 0 Å². The molecule has 0 atom stereocenters. The molecule has 2 heterocycles. The molecule has 0 fully saturated rings. The zero-order valence-electron chi connectivity index (χ0n) is 12.3. The lowest BCUT2D eigenvalue weighted by Gasteiger charge is -2.07. The van der Waals surface area contributed by atoms with Gasteiger partial charge in [-0.2, -0.15) is 0 Å². The number of ether oxygens (including phenoxy) is 1. The molecule has 5 nitrogen and oxygen atoms in total. The number of hydrogen-bond acceptors (Lipinski definition) is 5. The first-order valence-electron chi connectivity index (χ1n) is 7.13. The second kappa shape index (κ2) is 5.21. The fraction of sp³-hybridized carbons (Fsp3) is 0.0556. The van der Waals surface area contributed by atoms with Gasteiger partial charge in [0.2, 0.25) is 5.88 Å². The molecule has 5 heteroatoms. The highest BCUT2D eigenvalue weighted by atomic mass is 16.5. The first-order chi connectivity index (χ1) is 11.2. The van der Waals surface area contributed by atoms with Crippen LogP contribution in [0.1, 0.15) is 5.56 Å². The van der Waals surface area contributed by atoms with Gasteiger partial charge in [0.25, 0.3) is 0 Å². The maximum atomic E-state index is 11.5. The maximum Gasteiger partial charge on any atom is 0.336 e. The minimum Gasteiger partial charge on any atom is -0.437 e. The highest BCUT2D eigenvalue weighted by Gasteiger charge is 2.06. The summed E-state index contributed by atoms with van der Waals surface area (Å²) < 4.78 is 11.0. The van der Waals surface area contributed by atoms with E-state index in [9.17, 15) is 4.79 Å². The highest BCUT2D eigenvalue weighted by Crippen LogP contribution is 2.26. The van der Waals surface area contributed by atoms with Gasteiger partial charge >= 0.3 is 5.63 Å². The van der Waals surface area contributed by atoms with Crippen LogP contribution in [0, 0.1) is 6.92 Å². The summed E-state index contributed by atoms with van der Waals surface area (Å²) in [5.74, 6) is 0.925. The van der Waals surface area contributed by atoms with Crippen molar-refractivity contribution in [3.63, 3.8) is 0 Å². The van der Waals surface area contributed by atoms with Gasteiger partial charge in [0.15, 0.2) is 0 Å². The molecule has 0 aliphatic carbocycles. The van der Waals surface area contributed by atoms with E-state index in [1.807, 2.05) is 43.3 Å². The largest absolute Gasteiger partial charge is 0.437 e. The third-order valence-electron chi connectivity index (χ3n) is 3.57. The number of fused-ring (bicyclic) bond motifs is 2. The number of nitrogens with zero attached hydrogens (tertiary/aromatic N) is 2. The molecule has 0 saturated carbocycles. The van der Waals surface area contributed by atoms with Gasteiger partial charge in [0.05, 0.1) is 17.2 Å². The van der Waals surface area contributed by atoms with Crippen molar-refractivity contribution in [2.75, 3.05) is 0 Å². The minimum absolute atomic E-state index is 0.377. The fourth-order valence-corrected chi connectivity index (χ4v) is 2.48. The lowest BCUT2D eigenvalue weighted by atomic mass is 10.1. The molecule has 0 N–H and O–H groups in total. The van der Waals surface area contributed by atoms with Crippen LogP contribution in [0.3, 0.4) is 0 Å². The number of para-hydroxylation sites is 2. The van der Waals surface area contributed by atoms with E-state index < -0.39 is 0 Å². The Hall–Kier alpha value is -3.21. The van der Waals surface area contributed by atoms with Crippen molar-refractivity contribution in [2.45, 2.75) is 6.92 Å². The number of rotatable bonds is 2. The van der Waals surface area contributed by atoms with Crippen LogP contribution in [0.15, 0.2) is 63.9 Å². The number of benzene rings is 2. The van der Waals surface area contributed by atoms with E-state index in [2.05, 4.69) is 9.97 Å². The van der Waals surface area contributed by atoms with Crippen molar-refractivity contribution in [2.24, 2.45) is 0 Å². The molecule has 4 rings (SSSR count). The standard InChI is InChI=1S/C18H12N2O3/c1-11-8-18(21)23-16-9-12(6-7-13(11)16)22-17-10-19-14-4-2-3-5-15(14)20-17/h2-10H,1H3. The Morgan fingerprint density at radius 2 is 1.87 bits per heavy atom. The molecular weight excluding hydrogens is 292 g/mol. The van der Waals surface area contributed by atoms with E-state index in [0.29, 0.717) is 17.2 Å². The van der Waals surface area contributed by atoms with Crippen molar-refractivity contribution in [1.82, 2.24) is 9.97 Å². The first-order valence-corrected chi connectivity index (χ1v) is 7.13. The SMILES string of the molecule is Cc1cc(=O)oc2cc(Oc3cnc4ccccc4n3)ccc12. The Labute approximate surface area is 131 Å². The summed E-state index contributed by atoms with van der Waals surface area (Å²) in [6.07, 6.45) is 1.57. The Kier molecular flexibility index (Phi) is 3.05. The Morgan fingerprint density at radius 1 is 1.04 bits per heavy atom. The predicted molar refractivity (Wildman–Crippen MR) is 86.8 cm³/mol. The fourth-order valence-electron chi connectivity index (χ4n) is 2.48. The number of aromatic nitrogens is 2. The van der Waals surface area contributed by atoms with Crippen molar-refractivity contribution in [3.8, 4) is 11.6 Å². The van der Waals surface area contributed by atoms with Crippen LogP contribution in [-0.4, -0.2) is 9.97 Å². The molecule has 0 radical (unpaired) electrons. The van der Waals surface area contributed by atoms with E-state index in [0.717, 1.165) is 22.0 Å². The Morgan fingerprint density at radius 3 is 2.74 bits per heavy atom. The lowest BCUT2D eigenvalue weighted by molar-refractivity contribution is 0.461. The molecule has 4 aromatic rings. The summed E-state index contributed by atoms with van der Waals surface area (Å²) in [5, 5.41) is 0.876. The summed E-state index contributed by atoms with van der Waals surface area (Å²) in [7, 11) is 0. The zero-order chi connectivity index (χ0) is 15.8. The van der Waals surface area contributed by atoms with Gasteiger partial charge in [0.1, 0.15) is 11.3 Å². The third-order valence-corrected chi connectivity index (χ3v) is 3.57. The normalized spacial score (nSPS) is 11.0. The molecule has 0 amide bonds. The van der Waals surface area contributed by atoms with Gasteiger partial charge in [0, 0.05) is 17.5 Å². The molecule has 0 aliphatic heterocycles. The number of hydrogen-bond donors (Lipinski definition) is 0. The zero-order valence-corrected chi connectivity index (χ0v) is 12.3. The molecule has 0 unspecified atom stereocenters. The molecule has 23 heavy (non-hydrogen) atoms. The van der Waals surface area contributed by atoms with Crippen LogP contribution in [-0.2, 0) is 0 Å². The molecule has 0 aliphatic rings. The van der Waals surface area contributed by atoms with Crippen molar-refractivity contribution < 1.29 is 9.15 Å². The second-order valence-corrected chi connectivity index (χ2v) is 5.21. The molecule has 0 saturated heterocycles. The molecule has 2 aromatic carbocycles. The molecular formula is C18H12N2O3. The Bertz CT molecular complexity index is 1090. The molecule has 0 bridgehead atoms. The topological polar surface area (TPSA) is 65.2 Å². The van der Waals surface area contributed by atoms with E-state index in [1.165, 1.54) is 6.07 Å². The second-order valence-electron chi connectivity index (χ2n) is 5.21. The van der Waals surface area contributed by atoms with Gasteiger partial charge in [-0.15, -0.1) is 0 Å². The van der Waals surface area contributed by atoms with Crippen LogP contribution in [0.5, 0.6) is 11.6 Å². The van der Waals surface area contributed by atoms with Crippen LogP contribution in [0.4, 0.5) is 0 Å². The summed E-state index contributed by atoms with van der Waals surface area (Å²) in [6, 6.07) is 14.4. The van der Waals surface area contributed by atoms with Gasteiger partial charge in [-0.1, -0.05) is 12.1 Å². The average molecular weight is 304 g/mol. The first kappa shape index (κ1) is 13.5. The minimum atomic E-state index is -0.377. The summed E-state index contributed by atoms with van der Waals surface area (Å²) in [4.78, 5) is 20.2. The van der Waals surface area contributed by atoms with Gasteiger partial charge in [-0.25, -0.2) is 14.8 Å². The quantitative estimate of drug-likeness (QED) is 0.526. The summed E-state index contributed by atoms with van der Waals surface area (Å²) >= 11 is 0. The van der Waals surface area contributed by atoms with Gasteiger partial charge < -0.3 is 9.15 Å². The van der Waals surface area contributed by atoms with Gasteiger partial charge in [-0.05, 0) is 36.8 Å². The van der Waals surface area contributed by atoms with E-state index in [4.69, 9.17) is 9.15 Å². The van der Waals surface area contributed by atoms with Crippen LogP contribution in [0.25, 0.3) is 22.0 Å². The third kappa shape index (κ3) is 2.53. The van der Waals surface area contributed by atoms with Gasteiger partial charge in [-0.3, -0.25) is 0 Å². The average Bonchev–Trinajstić information content (AvgIpc) is 2.54. The molecule has 112 valence electrons. The van der Waals surface area contributed by atoms with E-state index in [-0.39, 0.29) is 5.63 Å². The van der Waals surface area contributed by atoms with Crippen LogP contribution >= 0.6 is 0 Å². The monoisotopic (exact) mass is 304 g/mol. The predicted octanol–water partition coefficient (Wildman–Crippen LogP) is 3.84. The summed E-state index contributed by atoms with van der Waals surface area (Å²) in [6.45, 7) is 1.87. The molecule has 2 aromatic heterocycles. The van der Waals surface area contributed by atoms with E-state index >= 15 is 0 Å². The van der Waals surface area contributed by atoms with Crippen LogP contribution in [0.2, 0.25) is 0 Å². The molecule has 0 spiro atoms. The smallest absolute Gasteiger partial charge is 0.336 e. The van der Waals surface area contributed by atoms with Crippen molar-refractivity contribution in [3.05, 3.63) is 70.7 Å².